The summed E-state index contributed by atoms with van der Waals surface area (Å²) in [5, 5.41) is 0. The second-order valence-corrected chi connectivity index (χ2v) is 7.05. The molecule has 0 aliphatic rings. The Bertz CT molecular complexity index is 699. The fourth-order valence-corrected chi connectivity index (χ4v) is 3.69. The molecule has 22 heavy (non-hydrogen) atoms. The minimum Gasteiger partial charge on any atom is -0.385 e. The van der Waals surface area contributed by atoms with Crippen molar-refractivity contribution in [2.24, 2.45) is 0 Å². The number of hydrogen-bond donors (Lipinski definition) is 0. The van der Waals surface area contributed by atoms with Crippen molar-refractivity contribution in [3.8, 4) is 11.1 Å². The van der Waals surface area contributed by atoms with E-state index in [0.717, 1.165) is 11.1 Å². The third-order valence-corrected chi connectivity index (χ3v) is 5.40. The molecule has 0 saturated carbocycles. The van der Waals surface area contributed by atoms with Gasteiger partial charge in [-0.2, -0.15) is 0 Å². The van der Waals surface area contributed by atoms with Crippen molar-refractivity contribution in [3.63, 3.8) is 0 Å². The molecule has 5 heteroatoms. The van der Waals surface area contributed by atoms with Gasteiger partial charge in [-0.1, -0.05) is 48.5 Å². The third kappa shape index (κ3) is 3.74. The standard InChI is InChI=1S/C17H21NO3S/c1-18(13-8-14-21-2)22(19,20)17-12-7-6-11-16(17)15-9-4-3-5-10-15/h3-7,9-12H,8,13-14H2,1-2H3. The molecule has 0 unspecified atom stereocenters. The van der Waals surface area contributed by atoms with E-state index in [4.69, 9.17) is 4.74 Å². The van der Waals surface area contributed by atoms with Crippen LogP contribution in [0.25, 0.3) is 11.1 Å². The van der Waals surface area contributed by atoms with Crippen molar-refractivity contribution in [2.75, 3.05) is 27.3 Å². The van der Waals surface area contributed by atoms with Crippen molar-refractivity contribution in [3.05, 3.63) is 54.6 Å². The molecule has 0 N–H and O–H groups in total. The first kappa shape index (κ1) is 16.7. The van der Waals surface area contributed by atoms with E-state index in [-0.39, 0.29) is 0 Å². The molecule has 0 fully saturated rings. The fourth-order valence-electron chi connectivity index (χ4n) is 2.27. The zero-order chi connectivity index (χ0) is 16.0. The average Bonchev–Trinajstić information content (AvgIpc) is 2.55. The topological polar surface area (TPSA) is 46.6 Å². The van der Waals surface area contributed by atoms with Crippen LogP contribution in [0.5, 0.6) is 0 Å². The molecule has 0 spiro atoms. The average molecular weight is 319 g/mol. The summed E-state index contributed by atoms with van der Waals surface area (Å²) in [6, 6.07) is 16.7. The maximum absolute atomic E-state index is 12.8. The van der Waals surface area contributed by atoms with Gasteiger partial charge in [0.25, 0.3) is 0 Å². The van der Waals surface area contributed by atoms with Gasteiger partial charge in [0, 0.05) is 32.9 Å². The van der Waals surface area contributed by atoms with Crippen molar-refractivity contribution in [2.45, 2.75) is 11.3 Å². The number of ether oxygens (including phenoxy) is 1. The van der Waals surface area contributed by atoms with E-state index in [2.05, 4.69) is 0 Å². The van der Waals surface area contributed by atoms with Gasteiger partial charge in [-0.05, 0) is 18.1 Å². The molecular weight excluding hydrogens is 298 g/mol. The smallest absolute Gasteiger partial charge is 0.243 e. The largest absolute Gasteiger partial charge is 0.385 e. The molecule has 0 atom stereocenters. The molecule has 2 aromatic rings. The lowest BCUT2D eigenvalue weighted by atomic mass is 10.1. The SMILES string of the molecule is COCCCN(C)S(=O)(=O)c1ccccc1-c1ccccc1. The van der Waals surface area contributed by atoms with Gasteiger partial charge in [-0.25, -0.2) is 12.7 Å². The van der Waals surface area contributed by atoms with Gasteiger partial charge in [-0.3, -0.25) is 0 Å². The van der Waals surface area contributed by atoms with Crippen LogP contribution in [0.1, 0.15) is 6.42 Å². The maximum atomic E-state index is 12.8. The second-order valence-electron chi connectivity index (χ2n) is 5.04. The Labute approximate surface area is 132 Å². The first-order valence-corrected chi connectivity index (χ1v) is 8.61. The Morgan fingerprint density at radius 1 is 1.00 bits per heavy atom. The molecule has 0 bridgehead atoms. The minimum absolute atomic E-state index is 0.334. The van der Waals surface area contributed by atoms with Crippen molar-refractivity contribution in [1.82, 2.24) is 4.31 Å². The second kappa shape index (κ2) is 7.54. The Morgan fingerprint density at radius 3 is 2.32 bits per heavy atom. The summed E-state index contributed by atoms with van der Waals surface area (Å²) in [5.41, 5.74) is 1.62. The zero-order valence-corrected chi connectivity index (χ0v) is 13.7. The molecule has 0 aromatic heterocycles. The monoisotopic (exact) mass is 319 g/mol. The number of methoxy groups -OCH3 is 1. The lowest BCUT2D eigenvalue weighted by molar-refractivity contribution is 0.189. The van der Waals surface area contributed by atoms with Crippen molar-refractivity contribution in [1.29, 1.82) is 0 Å². The molecule has 0 aliphatic heterocycles. The zero-order valence-electron chi connectivity index (χ0n) is 12.9. The third-order valence-electron chi connectivity index (χ3n) is 3.48. The number of hydrogen-bond acceptors (Lipinski definition) is 3. The Kier molecular flexibility index (Phi) is 5.71. The lowest BCUT2D eigenvalue weighted by Crippen LogP contribution is -2.29. The highest BCUT2D eigenvalue weighted by Crippen LogP contribution is 2.28. The van der Waals surface area contributed by atoms with E-state index in [0.29, 0.717) is 24.5 Å². The Hall–Kier alpha value is -1.69. The predicted octanol–water partition coefficient (Wildman–Crippen LogP) is 3.01. The number of sulfonamides is 1. The summed E-state index contributed by atoms with van der Waals surface area (Å²) in [5.74, 6) is 0. The van der Waals surface area contributed by atoms with Gasteiger partial charge >= 0.3 is 0 Å². The van der Waals surface area contributed by atoms with E-state index in [1.165, 1.54) is 4.31 Å². The van der Waals surface area contributed by atoms with E-state index in [1.807, 2.05) is 42.5 Å². The first-order valence-electron chi connectivity index (χ1n) is 7.17. The van der Waals surface area contributed by atoms with Crippen molar-refractivity contribution >= 4 is 10.0 Å². The Balaban J connectivity index is 2.36. The van der Waals surface area contributed by atoms with E-state index in [1.54, 1.807) is 26.3 Å². The molecule has 0 aliphatic carbocycles. The van der Waals surface area contributed by atoms with Crippen LogP contribution in [0, 0.1) is 0 Å². The highest BCUT2D eigenvalue weighted by Gasteiger charge is 2.23. The van der Waals surface area contributed by atoms with Crippen LogP contribution in [0.3, 0.4) is 0 Å². The summed E-state index contributed by atoms with van der Waals surface area (Å²) in [4.78, 5) is 0.334. The number of benzene rings is 2. The molecule has 4 nitrogen and oxygen atoms in total. The van der Waals surface area contributed by atoms with Crippen LogP contribution in [0.4, 0.5) is 0 Å². The van der Waals surface area contributed by atoms with Crippen LogP contribution in [-0.4, -0.2) is 40.0 Å². The van der Waals surface area contributed by atoms with E-state index in [9.17, 15) is 8.42 Å². The lowest BCUT2D eigenvalue weighted by Gasteiger charge is -2.19. The predicted molar refractivity (Wildman–Crippen MR) is 88.2 cm³/mol. The minimum atomic E-state index is -3.52. The van der Waals surface area contributed by atoms with Crippen LogP contribution in [-0.2, 0) is 14.8 Å². The van der Waals surface area contributed by atoms with Gasteiger partial charge < -0.3 is 4.74 Å². The summed E-state index contributed by atoms with van der Waals surface area (Å²) in [7, 11) is -0.306. The molecule has 0 amide bonds. The molecule has 118 valence electrons. The van der Waals surface area contributed by atoms with Crippen LogP contribution in [0.15, 0.2) is 59.5 Å². The highest BCUT2D eigenvalue weighted by atomic mass is 32.2. The maximum Gasteiger partial charge on any atom is 0.243 e. The van der Waals surface area contributed by atoms with Gasteiger partial charge in [0.2, 0.25) is 10.0 Å². The van der Waals surface area contributed by atoms with Crippen LogP contribution < -0.4 is 0 Å². The first-order chi connectivity index (χ1) is 10.6. The molecular formula is C17H21NO3S. The van der Waals surface area contributed by atoms with Crippen LogP contribution >= 0.6 is 0 Å². The van der Waals surface area contributed by atoms with Gasteiger partial charge in [0.15, 0.2) is 0 Å². The van der Waals surface area contributed by atoms with E-state index >= 15 is 0 Å². The van der Waals surface area contributed by atoms with Crippen LogP contribution in [0.2, 0.25) is 0 Å². The highest BCUT2D eigenvalue weighted by molar-refractivity contribution is 7.89. The van der Waals surface area contributed by atoms with Gasteiger partial charge in [0.05, 0.1) is 4.90 Å². The molecule has 0 saturated heterocycles. The summed E-state index contributed by atoms with van der Waals surface area (Å²) < 4.78 is 32.0. The molecule has 2 rings (SSSR count). The summed E-state index contributed by atoms with van der Waals surface area (Å²) >= 11 is 0. The van der Waals surface area contributed by atoms with Gasteiger partial charge in [0.1, 0.15) is 0 Å². The quantitative estimate of drug-likeness (QED) is 0.737. The van der Waals surface area contributed by atoms with Gasteiger partial charge in [-0.15, -0.1) is 0 Å². The molecule has 0 heterocycles. The fraction of sp³-hybridized carbons (Fsp3) is 0.294. The summed E-state index contributed by atoms with van der Waals surface area (Å²) in [6.07, 6.45) is 0.666. The normalized spacial score (nSPS) is 11.8. The molecule has 0 radical (unpaired) electrons. The van der Waals surface area contributed by atoms with Crippen molar-refractivity contribution < 1.29 is 13.2 Å². The Morgan fingerprint density at radius 2 is 1.64 bits per heavy atom. The van der Waals surface area contributed by atoms with E-state index < -0.39 is 10.0 Å². The number of nitrogens with zero attached hydrogens (tertiary/aromatic N) is 1. The number of rotatable bonds is 7. The summed E-state index contributed by atoms with van der Waals surface area (Å²) in [6.45, 7) is 0.972. The molecule has 2 aromatic carbocycles.